The van der Waals surface area contributed by atoms with E-state index in [1.54, 1.807) is 7.11 Å². The average Bonchev–Trinajstić information content (AvgIpc) is 2.92. The zero-order chi connectivity index (χ0) is 18.0. The van der Waals surface area contributed by atoms with Gasteiger partial charge in [0.1, 0.15) is 7.11 Å². The molecule has 1 aromatic heterocycles. The minimum absolute atomic E-state index is 0.0930. The molecule has 0 spiro atoms. The minimum Gasteiger partial charge on any atom is -0.481 e. The summed E-state index contributed by atoms with van der Waals surface area (Å²) in [7, 11) is 1.56. The summed E-state index contributed by atoms with van der Waals surface area (Å²) < 4.78 is 3.15. The summed E-state index contributed by atoms with van der Waals surface area (Å²) in [5.74, 6) is -0.350. The van der Waals surface area contributed by atoms with Gasteiger partial charge in [0.25, 0.3) is 0 Å². The van der Waals surface area contributed by atoms with E-state index in [0.717, 1.165) is 45.5 Å². The zero-order valence-corrected chi connectivity index (χ0v) is 15.9. The second-order valence-electron chi connectivity index (χ2n) is 6.43. The van der Waals surface area contributed by atoms with Crippen LogP contribution in [0.2, 0.25) is 0 Å². The highest BCUT2D eigenvalue weighted by Crippen LogP contribution is 2.34. The molecule has 0 saturated carbocycles. The molecule has 1 N–H and O–H groups in total. The number of carboxylic acid groups (broad SMARTS) is 1. The monoisotopic (exact) mass is 404 g/mol. The van der Waals surface area contributed by atoms with Crippen LogP contribution in [0.4, 0.5) is 0 Å². The van der Waals surface area contributed by atoms with Gasteiger partial charge in [0.15, 0.2) is 0 Å². The van der Waals surface area contributed by atoms with Gasteiger partial charge >= 0.3 is 5.97 Å². The van der Waals surface area contributed by atoms with Crippen LogP contribution in [-0.4, -0.2) is 28.5 Å². The van der Waals surface area contributed by atoms with Crippen LogP contribution in [-0.2, 0) is 22.6 Å². The van der Waals surface area contributed by atoms with Gasteiger partial charge in [0.05, 0.1) is 12.1 Å². The molecule has 132 valence electrons. The lowest BCUT2D eigenvalue weighted by Crippen LogP contribution is -2.21. The number of oxime groups is 1. The number of rotatable bonds is 5. The van der Waals surface area contributed by atoms with Gasteiger partial charge in [-0.05, 0) is 42.5 Å². The van der Waals surface area contributed by atoms with Crippen molar-refractivity contribution in [2.75, 3.05) is 7.11 Å². The predicted molar refractivity (Wildman–Crippen MR) is 101 cm³/mol. The van der Waals surface area contributed by atoms with Crippen LogP contribution in [0.3, 0.4) is 0 Å². The van der Waals surface area contributed by atoms with E-state index in [4.69, 9.17) is 9.94 Å². The fraction of sp³-hybridized carbons (Fsp3) is 0.368. The smallest absolute Gasteiger partial charge is 0.305 e. The second kappa shape index (κ2) is 7.44. The van der Waals surface area contributed by atoms with E-state index in [0.29, 0.717) is 12.5 Å². The normalized spacial score (nSPS) is 18.2. The average molecular weight is 405 g/mol. The van der Waals surface area contributed by atoms with Crippen molar-refractivity contribution in [2.45, 2.75) is 32.7 Å². The standard InChI is InChI=1S/C19H21BrN2O3/c1-12-9-16(21-25-2)15-11-17(13-3-5-14(20)6-4-13)22(18(15)10-12)8-7-19(23)24/h3-6,11-12H,7-10H2,1-2H3,(H,23,24)/b21-16-/t12-/m1/s1. The van der Waals surface area contributed by atoms with Crippen molar-refractivity contribution in [3.05, 3.63) is 46.1 Å². The van der Waals surface area contributed by atoms with Gasteiger partial charge in [-0.1, -0.05) is 40.1 Å². The largest absolute Gasteiger partial charge is 0.481 e. The Hall–Kier alpha value is -2.08. The number of hydrogen-bond acceptors (Lipinski definition) is 3. The lowest BCUT2D eigenvalue weighted by atomic mass is 9.87. The first-order chi connectivity index (χ1) is 12.0. The van der Waals surface area contributed by atoms with E-state index < -0.39 is 5.97 Å². The first-order valence-electron chi connectivity index (χ1n) is 8.30. The Bertz CT molecular complexity index is 809. The minimum atomic E-state index is -0.793. The van der Waals surface area contributed by atoms with E-state index in [2.05, 4.69) is 38.6 Å². The maximum atomic E-state index is 11.1. The van der Waals surface area contributed by atoms with Crippen molar-refractivity contribution in [1.29, 1.82) is 0 Å². The number of benzene rings is 1. The molecular weight excluding hydrogens is 384 g/mol. The highest BCUT2D eigenvalue weighted by molar-refractivity contribution is 9.10. The molecule has 6 heteroatoms. The molecule has 0 unspecified atom stereocenters. The van der Waals surface area contributed by atoms with Crippen molar-refractivity contribution in [2.24, 2.45) is 11.1 Å². The summed E-state index contributed by atoms with van der Waals surface area (Å²) in [6, 6.07) is 10.2. The second-order valence-corrected chi connectivity index (χ2v) is 7.34. The van der Waals surface area contributed by atoms with Gasteiger partial charge in [-0.2, -0.15) is 0 Å². The van der Waals surface area contributed by atoms with Crippen molar-refractivity contribution in [3.63, 3.8) is 0 Å². The molecule has 0 radical (unpaired) electrons. The third kappa shape index (κ3) is 3.79. The van der Waals surface area contributed by atoms with Gasteiger partial charge in [-0.15, -0.1) is 0 Å². The van der Waals surface area contributed by atoms with Gasteiger partial charge in [0.2, 0.25) is 0 Å². The molecule has 1 aliphatic rings. The van der Waals surface area contributed by atoms with Gasteiger partial charge in [-0.3, -0.25) is 4.79 Å². The van der Waals surface area contributed by atoms with E-state index in [1.165, 1.54) is 0 Å². The summed E-state index contributed by atoms with van der Waals surface area (Å²) >= 11 is 3.46. The summed E-state index contributed by atoms with van der Waals surface area (Å²) in [5, 5.41) is 13.4. The number of aromatic nitrogens is 1. The molecule has 1 aliphatic carbocycles. The predicted octanol–water partition coefficient (Wildman–Crippen LogP) is 4.33. The Morgan fingerprint density at radius 1 is 1.36 bits per heavy atom. The number of fused-ring (bicyclic) bond motifs is 1. The van der Waals surface area contributed by atoms with Crippen LogP contribution in [0, 0.1) is 5.92 Å². The molecule has 0 aliphatic heterocycles. The van der Waals surface area contributed by atoms with E-state index >= 15 is 0 Å². The van der Waals surface area contributed by atoms with Gasteiger partial charge in [-0.25, -0.2) is 0 Å². The van der Waals surface area contributed by atoms with Crippen LogP contribution < -0.4 is 0 Å². The number of hydrogen-bond donors (Lipinski definition) is 1. The van der Waals surface area contributed by atoms with Crippen molar-refractivity contribution in [1.82, 2.24) is 4.57 Å². The molecule has 0 saturated heterocycles. The lowest BCUT2D eigenvalue weighted by molar-refractivity contribution is -0.137. The third-order valence-electron chi connectivity index (χ3n) is 4.49. The fourth-order valence-corrected chi connectivity index (χ4v) is 3.68. The molecule has 0 amide bonds. The van der Waals surface area contributed by atoms with Gasteiger partial charge < -0.3 is 14.5 Å². The molecule has 1 atom stereocenters. The molecule has 1 aromatic carbocycles. The molecule has 0 fully saturated rings. The Morgan fingerprint density at radius 3 is 2.72 bits per heavy atom. The first kappa shape index (κ1) is 17.7. The Kier molecular flexibility index (Phi) is 5.27. The third-order valence-corrected chi connectivity index (χ3v) is 5.02. The topological polar surface area (TPSA) is 63.8 Å². The number of halogens is 1. The van der Waals surface area contributed by atoms with Crippen LogP contribution >= 0.6 is 15.9 Å². The highest BCUT2D eigenvalue weighted by Gasteiger charge is 2.27. The van der Waals surface area contributed by atoms with Crippen LogP contribution in [0.15, 0.2) is 40.0 Å². The van der Waals surface area contributed by atoms with E-state index in [-0.39, 0.29) is 6.42 Å². The summed E-state index contributed by atoms with van der Waals surface area (Å²) in [6.07, 6.45) is 1.87. The van der Waals surface area contributed by atoms with Crippen LogP contribution in [0.5, 0.6) is 0 Å². The summed E-state index contributed by atoms with van der Waals surface area (Å²) in [6.45, 7) is 2.63. The van der Waals surface area contributed by atoms with Gasteiger partial charge in [0, 0.05) is 28.0 Å². The highest BCUT2D eigenvalue weighted by atomic mass is 79.9. The van der Waals surface area contributed by atoms with Crippen LogP contribution in [0.1, 0.15) is 31.0 Å². The number of carbonyl (C=O) groups is 1. The molecule has 2 aromatic rings. The SMILES string of the molecule is CO/N=C1/C[C@@H](C)Cc2c1cc(-c1ccc(Br)cc1)n2CCC(=O)O. The maximum absolute atomic E-state index is 11.1. The number of carboxylic acids is 1. The summed E-state index contributed by atoms with van der Waals surface area (Å²) in [4.78, 5) is 16.2. The molecule has 25 heavy (non-hydrogen) atoms. The van der Waals surface area contributed by atoms with E-state index in [1.807, 2.05) is 24.3 Å². The fourth-order valence-electron chi connectivity index (χ4n) is 3.42. The maximum Gasteiger partial charge on any atom is 0.305 e. The Morgan fingerprint density at radius 2 is 2.08 bits per heavy atom. The Balaban J connectivity index is 2.13. The van der Waals surface area contributed by atoms with Crippen molar-refractivity contribution >= 4 is 27.6 Å². The molecule has 1 heterocycles. The van der Waals surface area contributed by atoms with Crippen molar-refractivity contribution < 1.29 is 14.7 Å². The van der Waals surface area contributed by atoms with E-state index in [9.17, 15) is 4.79 Å². The Labute approximate surface area is 155 Å². The molecular formula is C19H21BrN2O3. The molecule has 5 nitrogen and oxygen atoms in total. The lowest BCUT2D eigenvalue weighted by Gasteiger charge is -2.22. The number of nitrogens with zero attached hydrogens (tertiary/aromatic N) is 2. The molecule has 0 bridgehead atoms. The number of aliphatic carboxylic acids is 1. The zero-order valence-electron chi connectivity index (χ0n) is 14.3. The first-order valence-corrected chi connectivity index (χ1v) is 9.09. The van der Waals surface area contributed by atoms with Crippen molar-refractivity contribution in [3.8, 4) is 11.3 Å². The molecule has 3 rings (SSSR count). The summed E-state index contributed by atoms with van der Waals surface area (Å²) in [5.41, 5.74) is 5.24. The quantitative estimate of drug-likeness (QED) is 0.754. The van der Waals surface area contributed by atoms with Crippen LogP contribution in [0.25, 0.3) is 11.3 Å².